The minimum absolute atomic E-state index is 0.00221. The summed E-state index contributed by atoms with van der Waals surface area (Å²) >= 11 is 6.23. The molecule has 0 aromatic heterocycles. The predicted octanol–water partition coefficient (Wildman–Crippen LogP) is 7.43. The number of hydrogen-bond donors (Lipinski definition) is 1. The van der Waals surface area contributed by atoms with Crippen LogP contribution in [0.2, 0.25) is 5.02 Å². The molecule has 1 saturated carbocycles. The Balaban J connectivity index is 1.56. The molecule has 2 atom stereocenters. The van der Waals surface area contributed by atoms with Crippen molar-refractivity contribution in [2.24, 2.45) is 5.92 Å². The highest BCUT2D eigenvalue weighted by atomic mass is 35.5. The maximum absolute atomic E-state index is 13.7. The van der Waals surface area contributed by atoms with Crippen LogP contribution in [-0.2, 0) is 11.2 Å². The van der Waals surface area contributed by atoms with Crippen molar-refractivity contribution < 1.29 is 19.4 Å². The molecule has 2 aliphatic rings. The lowest BCUT2D eigenvalue weighted by molar-refractivity contribution is -0.118. The van der Waals surface area contributed by atoms with E-state index in [1.807, 2.05) is 79.4 Å². The molecule has 1 amide bonds. The van der Waals surface area contributed by atoms with Gasteiger partial charge in [-0.25, -0.2) is 0 Å². The fraction of sp³-hybridized carbons (Fsp3) is 0.406. The number of ether oxygens (including phenoxy) is 2. The number of aliphatic hydroxyl groups is 1. The molecule has 5 rings (SSSR count). The second-order valence-electron chi connectivity index (χ2n) is 10.7. The molecule has 1 unspecified atom stereocenters. The van der Waals surface area contributed by atoms with E-state index in [0.29, 0.717) is 22.4 Å². The maximum Gasteiger partial charge on any atom is 0.232 e. The molecule has 0 spiro atoms. The number of methoxy groups -OCH3 is 1. The number of carbonyl (C=O) groups is 1. The zero-order chi connectivity index (χ0) is 26.8. The number of carbonyl (C=O) groups excluding carboxylic acids is 1. The Hall–Kier alpha value is -3.02. The predicted molar refractivity (Wildman–Crippen MR) is 151 cm³/mol. The van der Waals surface area contributed by atoms with Crippen LogP contribution in [0.5, 0.6) is 11.5 Å². The van der Waals surface area contributed by atoms with Crippen LogP contribution in [0.3, 0.4) is 0 Å². The second kappa shape index (κ2) is 11.4. The van der Waals surface area contributed by atoms with Crippen LogP contribution < -0.4 is 14.4 Å². The number of nitrogens with zero attached hydrogens (tertiary/aromatic N) is 1. The van der Waals surface area contributed by atoms with E-state index in [-0.39, 0.29) is 24.5 Å². The van der Waals surface area contributed by atoms with Crippen molar-refractivity contribution in [2.45, 2.75) is 70.6 Å². The van der Waals surface area contributed by atoms with Crippen LogP contribution >= 0.6 is 11.6 Å². The number of hydrogen-bond acceptors (Lipinski definition) is 4. The monoisotopic (exact) mass is 533 g/mol. The van der Waals surface area contributed by atoms with Gasteiger partial charge in [-0.2, -0.15) is 0 Å². The van der Waals surface area contributed by atoms with Crippen LogP contribution in [0.15, 0.2) is 60.7 Å². The van der Waals surface area contributed by atoms with Gasteiger partial charge in [-0.05, 0) is 91.3 Å². The van der Waals surface area contributed by atoms with Gasteiger partial charge in [0.05, 0.1) is 31.8 Å². The van der Waals surface area contributed by atoms with Crippen LogP contribution in [0.4, 0.5) is 5.69 Å². The van der Waals surface area contributed by atoms with Crippen LogP contribution in [0.25, 0.3) is 0 Å². The Kier molecular flexibility index (Phi) is 7.96. The highest BCUT2D eigenvalue weighted by Gasteiger charge is 2.36. The first-order chi connectivity index (χ1) is 18.4. The first kappa shape index (κ1) is 26.6. The smallest absolute Gasteiger partial charge is 0.232 e. The standard InChI is InChI=1S/C32H36ClNO4/c1-20(2)38-29-19-27-24(17-28(29)37-3)18-30(35)34(31(27)21-9-13-25(33)14-10-21)26-15-11-23(12-16-26)32(36)22-7-5-4-6-8-22/h9-17,19-20,22,31-32,36H,4-8,18H2,1-3H3/t31-,32?/m0/s1. The van der Waals surface area contributed by atoms with Crippen LogP contribution in [0, 0.1) is 5.92 Å². The van der Waals surface area contributed by atoms with Crippen molar-refractivity contribution in [1.82, 2.24) is 0 Å². The van der Waals surface area contributed by atoms with E-state index in [2.05, 4.69) is 0 Å². The number of amides is 1. The third kappa shape index (κ3) is 5.41. The number of halogens is 1. The Bertz CT molecular complexity index is 1270. The lowest BCUT2D eigenvalue weighted by atomic mass is 9.82. The van der Waals surface area contributed by atoms with Gasteiger partial charge in [0, 0.05) is 10.7 Å². The van der Waals surface area contributed by atoms with Gasteiger partial charge in [-0.3, -0.25) is 4.79 Å². The van der Waals surface area contributed by atoms with E-state index in [1.54, 1.807) is 7.11 Å². The van der Waals surface area contributed by atoms with Crippen LogP contribution in [0.1, 0.15) is 80.4 Å². The van der Waals surface area contributed by atoms with E-state index >= 15 is 0 Å². The van der Waals surface area contributed by atoms with Gasteiger partial charge in [0.25, 0.3) is 0 Å². The van der Waals surface area contributed by atoms with Crippen molar-refractivity contribution >= 4 is 23.2 Å². The van der Waals surface area contributed by atoms with Gasteiger partial charge >= 0.3 is 0 Å². The molecule has 3 aromatic rings. The van der Waals surface area contributed by atoms with Crippen molar-refractivity contribution in [2.75, 3.05) is 12.0 Å². The molecule has 1 heterocycles. The normalized spacial score (nSPS) is 18.8. The Labute approximate surface area is 230 Å². The molecule has 3 aromatic carbocycles. The molecular weight excluding hydrogens is 498 g/mol. The number of anilines is 1. The summed E-state index contributed by atoms with van der Waals surface area (Å²) in [6.45, 7) is 3.96. The van der Waals surface area contributed by atoms with Gasteiger partial charge in [0.2, 0.25) is 5.91 Å². The van der Waals surface area contributed by atoms with Gasteiger partial charge < -0.3 is 19.5 Å². The molecule has 0 saturated heterocycles. The topological polar surface area (TPSA) is 59.0 Å². The Morgan fingerprint density at radius 1 is 0.947 bits per heavy atom. The van der Waals surface area contributed by atoms with Crippen LogP contribution in [-0.4, -0.2) is 24.2 Å². The number of rotatable bonds is 7. The summed E-state index contributed by atoms with van der Waals surface area (Å²) in [5.74, 6) is 1.57. The molecule has 38 heavy (non-hydrogen) atoms. The maximum atomic E-state index is 13.7. The summed E-state index contributed by atoms with van der Waals surface area (Å²) < 4.78 is 11.7. The van der Waals surface area contributed by atoms with Gasteiger partial charge in [0.15, 0.2) is 11.5 Å². The van der Waals surface area contributed by atoms with Gasteiger partial charge in [-0.15, -0.1) is 0 Å². The lowest BCUT2D eigenvalue weighted by Crippen LogP contribution is -2.41. The average Bonchev–Trinajstić information content (AvgIpc) is 2.93. The Morgan fingerprint density at radius 3 is 2.26 bits per heavy atom. The number of aliphatic hydroxyl groups excluding tert-OH is 1. The molecule has 1 fully saturated rings. The van der Waals surface area contributed by atoms with Crippen molar-refractivity contribution in [1.29, 1.82) is 0 Å². The fourth-order valence-corrected chi connectivity index (χ4v) is 6.01. The molecule has 6 heteroatoms. The van der Waals surface area contributed by atoms with Gasteiger partial charge in [-0.1, -0.05) is 55.1 Å². The van der Waals surface area contributed by atoms with Crippen molar-refractivity contribution in [3.05, 3.63) is 87.9 Å². The molecule has 0 bridgehead atoms. The number of benzene rings is 3. The largest absolute Gasteiger partial charge is 0.493 e. The fourth-order valence-electron chi connectivity index (χ4n) is 5.88. The molecule has 0 radical (unpaired) electrons. The summed E-state index contributed by atoms with van der Waals surface area (Å²) in [5, 5.41) is 11.7. The van der Waals surface area contributed by atoms with Crippen molar-refractivity contribution in [3.63, 3.8) is 0 Å². The quantitative estimate of drug-likeness (QED) is 0.343. The molecule has 1 aliphatic heterocycles. The molecular formula is C32H36ClNO4. The first-order valence-electron chi connectivity index (χ1n) is 13.6. The minimum atomic E-state index is -0.475. The average molecular weight is 534 g/mol. The number of fused-ring (bicyclic) bond motifs is 1. The third-order valence-electron chi connectivity index (χ3n) is 7.75. The molecule has 200 valence electrons. The first-order valence-corrected chi connectivity index (χ1v) is 14.0. The second-order valence-corrected chi connectivity index (χ2v) is 11.1. The highest BCUT2D eigenvalue weighted by molar-refractivity contribution is 6.30. The summed E-state index contributed by atoms with van der Waals surface area (Å²) in [4.78, 5) is 15.6. The van der Waals surface area contributed by atoms with Crippen molar-refractivity contribution in [3.8, 4) is 11.5 Å². The zero-order valence-corrected chi connectivity index (χ0v) is 23.1. The SMILES string of the molecule is COc1cc2c(cc1OC(C)C)[C@H](c1ccc(Cl)cc1)N(c1ccc(C(O)C3CCCCC3)cc1)C(=O)C2. The van der Waals surface area contributed by atoms with E-state index in [9.17, 15) is 9.90 Å². The van der Waals surface area contributed by atoms with E-state index in [0.717, 1.165) is 40.8 Å². The van der Waals surface area contributed by atoms with E-state index < -0.39 is 6.10 Å². The minimum Gasteiger partial charge on any atom is -0.493 e. The van der Waals surface area contributed by atoms with E-state index in [1.165, 1.54) is 19.3 Å². The molecule has 5 nitrogen and oxygen atoms in total. The lowest BCUT2D eigenvalue weighted by Gasteiger charge is -2.38. The Morgan fingerprint density at radius 2 is 1.63 bits per heavy atom. The third-order valence-corrected chi connectivity index (χ3v) is 8.00. The summed E-state index contributed by atoms with van der Waals surface area (Å²) in [5.41, 5.74) is 4.57. The van der Waals surface area contributed by atoms with E-state index in [4.69, 9.17) is 21.1 Å². The molecule has 1 aliphatic carbocycles. The summed E-state index contributed by atoms with van der Waals surface area (Å²) in [6, 6.07) is 19.1. The van der Waals surface area contributed by atoms with Gasteiger partial charge in [0.1, 0.15) is 0 Å². The summed E-state index contributed by atoms with van der Waals surface area (Å²) in [6.07, 6.45) is 5.49. The highest BCUT2D eigenvalue weighted by Crippen LogP contribution is 2.44. The summed E-state index contributed by atoms with van der Waals surface area (Å²) in [7, 11) is 1.62. The zero-order valence-electron chi connectivity index (χ0n) is 22.3. The molecule has 1 N–H and O–H groups in total.